The van der Waals surface area contributed by atoms with Crippen LogP contribution in [0.1, 0.15) is 37.8 Å². The summed E-state index contributed by atoms with van der Waals surface area (Å²) in [7, 11) is 0. The van der Waals surface area contributed by atoms with Crippen LogP contribution < -0.4 is 10.6 Å². The second kappa shape index (κ2) is 8.75. The van der Waals surface area contributed by atoms with Crippen molar-refractivity contribution in [2.45, 2.75) is 26.7 Å². The summed E-state index contributed by atoms with van der Waals surface area (Å²) in [6.45, 7) is 7.09. The highest BCUT2D eigenvalue weighted by Crippen LogP contribution is 2.27. The number of amides is 2. The molecule has 0 fully saturated rings. The van der Waals surface area contributed by atoms with Crippen molar-refractivity contribution >= 4 is 17.3 Å². The molecule has 3 nitrogen and oxygen atoms in total. The van der Waals surface area contributed by atoms with Crippen molar-refractivity contribution in [1.82, 2.24) is 5.32 Å². The van der Waals surface area contributed by atoms with Crippen LogP contribution in [-0.2, 0) is 0 Å². The number of para-hydroxylation sites is 1. The molecule has 1 aliphatic carbocycles. The molecule has 1 aliphatic rings. The highest BCUT2D eigenvalue weighted by atomic mass is 16.2. The van der Waals surface area contributed by atoms with Crippen LogP contribution in [0.25, 0.3) is 5.57 Å². The predicted octanol–water partition coefficient (Wildman–Crippen LogP) is 6.15. The Morgan fingerprint density at radius 2 is 1.71 bits per heavy atom. The molecule has 0 heterocycles. The van der Waals surface area contributed by atoms with Crippen molar-refractivity contribution in [3.8, 4) is 0 Å². The van der Waals surface area contributed by atoms with Crippen molar-refractivity contribution in [2.75, 3.05) is 11.9 Å². The number of carbonyl (C=O) groups excluding carboxylic acids is 1. The molecule has 0 aromatic heterocycles. The Morgan fingerprint density at radius 3 is 2.43 bits per heavy atom. The van der Waals surface area contributed by atoms with Gasteiger partial charge in [-0.1, -0.05) is 93.6 Å². The number of hydrogen-bond acceptors (Lipinski definition) is 1. The first-order valence-corrected chi connectivity index (χ1v) is 9.72. The van der Waals surface area contributed by atoms with Gasteiger partial charge in [0.2, 0.25) is 0 Å². The third-order valence-corrected chi connectivity index (χ3v) is 4.91. The van der Waals surface area contributed by atoms with E-state index in [1.165, 1.54) is 16.7 Å². The first-order chi connectivity index (χ1) is 13.4. The van der Waals surface area contributed by atoms with E-state index >= 15 is 0 Å². The summed E-state index contributed by atoms with van der Waals surface area (Å²) in [5, 5.41) is 5.78. The highest BCUT2D eigenvalue weighted by Gasteiger charge is 2.12. The number of hydrogen-bond donors (Lipinski definition) is 2. The predicted molar refractivity (Wildman–Crippen MR) is 118 cm³/mol. The van der Waals surface area contributed by atoms with Gasteiger partial charge in [-0.15, -0.1) is 0 Å². The molecule has 0 radical (unpaired) electrons. The van der Waals surface area contributed by atoms with E-state index in [0.717, 1.165) is 5.69 Å². The van der Waals surface area contributed by atoms with Crippen LogP contribution in [0, 0.1) is 5.41 Å². The molecule has 3 heteroatoms. The van der Waals surface area contributed by atoms with Crippen molar-refractivity contribution < 1.29 is 4.79 Å². The number of urea groups is 1. The molecule has 3 rings (SSSR count). The number of anilines is 1. The average Bonchev–Trinajstić information content (AvgIpc) is 2.87. The minimum atomic E-state index is -0.183. The maximum atomic E-state index is 12.1. The van der Waals surface area contributed by atoms with Crippen molar-refractivity contribution in [3.05, 3.63) is 96.1 Å². The monoisotopic (exact) mass is 372 g/mol. The quantitative estimate of drug-likeness (QED) is 0.649. The summed E-state index contributed by atoms with van der Waals surface area (Å²) < 4.78 is 0. The fourth-order valence-corrected chi connectivity index (χ4v) is 3.07. The third-order valence-electron chi connectivity index (χ3n) is 4.91. The van der Waals surface area contributed by atoms with Crippen LogP contribution in [0.3, 0.4) is 0 Å². The number of allylic oxidation sites excluding steroid dienone is 6. The van der Waals surface area contributed by atoms with Crippen molar-refractivity contribution in [1.29, 1.82) is 0 Å². The van der Waals surface area contributed by atoms with Crippen molar-refractivity contribution in [2.24, 2.45) is 5.41 Å². The van der Waals surface area contributed by atoms with E-state index in [2.05, 4.69) is 86.1 Å². The summed E-state index contributed by atoms with van der Waals surface area (Å²) in [6, 6.07) is 17.9. The van der Waals surface area contributed by atoms with Gasteiger partial charge in [-0.05, 0) is 34.8 Å². The molecule has 144 valence electrons. The third kappa shape index (κ3) is 5.46. The number of benzene rings is 2. The Kier molecular flexibility index (Phi) is 6.15. The summed E-state index contributed by atoms with van der Waals surface area (Å²) in [5.41, 5.74) is 4.49. The van der Waals surface area contributed by atoms with E-state index < -0.39 is 0 Å². The number of rotatable bonds is 5. The number of carbonyl (C=O) groups is 1. The summed E-state index contributed by atoms with van der Waals surface area (Å²) in [6.07, 6.45) is 10.9. The molecule has 28 heavy (non-hydrogen) atoms. The smallest absolute Gasteiger partial charge is 0.319 e. The zero-order chi connectivity index (χ0) is 20.0. The van der Waals surface area contributed by atoms with E-state index in [9.17, 15) is 4.79 Å². The van der Waals surface area contributed by atoms with E-state index in [1.807, 2.05) is 30.3 Å². The first kappa shape index (κ1) is 19.7. The molecule has 2 aromatic carbocycles. The fourth-order valence-electron chi connectivity index (χ4n) is 3.07. The van der Waals surface area contributed by atoms with Crippen LogP contribution in [-0.4, -0.2) is 12.6 Å². The lowest BCUT2D eigenvalue weighted by atomic mass is 9.92. The van der Waals surface area contributed by atoms with Gasteiger partial charge < -0.3 is 10.6 Å². The normalized spacial score (nSPS) is 16.0. The lowest BCUT2D eigenvalue weighted by Crippen LogP contribution is -2.31. The highest BCUT2D eigenvalue weighted by molar-refractivity contribution is 5.89. The molecule has 0 aliphatic heterocycles. The van der Waals surface area contributed by atoms with Gasteiger partial charge in [-0.3, -0.25) is 0 Å². The van der Waals surface area contributed by atoms with Gasteiger partial charge in [0, 0.05) is 17.6 Å². The molecule has 0 bridgehead atoms. The number of nitrogens with one attached hydrogen (secondary N) is 2. The molecule has 2 amide bonds. The Balaban J connectivity index is 1.56. The lowest BCUT2D eigenvalue weighted by molar-refractivity contribution is 0.251. The van der Waals surface area contributed by atoms with Crippen molar-refractivity contribution in [3.63, 3.8) is 0 Å². The zero-order valence-corrected chi connectivity index (χ0v) is 16.8. The molecule has 0 spiro atoms. The standard InChI is InChI=1S/C25H28N2O/c1-19(18-26-24(28)27-23-9-5-4-6-10-23)20-11-13-22(14-12-20)21-8-7-16-25(2,3)17-15-21/h4-17,19H,18H2,1-3H3,(H2,26,27,28). The van der Waals surface area contributed by atoms with Gasteiger partial charge in [-0.2, -0.15) is 0 Å². The van der Waals surface area contributed by atoms with E-state index in [1.54, 1.807) is 0 Å². The first-order valence-electron chi connectivity index (χ1n) is 9.72. The van der Waals surface area contributed by atoms with Gasteiger partial charge in [0.05, 0.1) is 0 Å². The molecule has 0 saturated heterocycles. The minimum Gasteiger partial charge on any atom is -0.337 e. The molecule has 2 N–H and O–H groups in total. The Morgan fingerprint density at radius 1 is 1.00 bits per heavy atom. The van der Waals surface area contributed by atoms with Gasteiger partial charge >= 0.3 is 6.03 Å². The average molecular weight is 373 g/mol. The topological polar surface area (TPSA) is 41.1 Å². The second-order valence-corrected chi connectivity index (χ2v) is 7.86. The van der Waals surface area contributed by atoms with E-state index in [0.29, 0.717) is 6.54 Å². The van der Waals surface area contributed by atoms with Crippen LogP contribution in [0.5, 0.6) is 0 Å². The van der Waals surface area contributed by atoms with Crippen LogP contribution in [0.4, 0.5) is 10.5 Å². The molecular weight excluding hydrogens is 344 g/mol. The maximum Gasteiger partial charge on any atom is 0.319 e. The Bertz CT molecular complexity index is 890. The fraction of sp³-hybridized carbons (Fsp3) is 0.240. The van der Waals surface area contributed by atoms with Crippen LogP contribution in [0.15, 0.2) is 85.0 Å². The summed E-state index contributed by atoms with van der Waals surface area (Å²) >= 11 is 0. The summed E-state index contributed by atoms with van der Waals surface area (Å²) in [5.74, 6) is 0.230. The van der Waals surface area contributed by atoms with Crippen LogP contribution >= 0.6 is 0 Å². The maximum absolute atomic E-state index is 12.1. The van der Waals surface area contributed by atoms with E-state index in [-0.39, 0.29) is 17.4 Å². The molecule has 1 atom stereocenters. The SMILES string of the molecule is CC(CNC(=O)Nc1ccccc1)c1ccc(C2=CC=CC(C)(C)C=C2)cc1. The Hall–Kier alpha value is -3.07. The molecule has 0 saturated carbocycles. The zero-order valence-electron chi connectivity index (χ0n) is 16.8. The molecular formula is C25H28N2O. The Labute approximate surface area is 167 Å². The largest absolute Gasteiger partial charge is 0.337 e. The minimum absolute atomic E-state index is 0.0820. The second-order valence-electron chi connectivity index (χ2n) is 7.86. The van der Waals surface area contributed by atoms with Crippen LogP contribution in [0.2, 0.25) is 0 Å². The van der Waals surface area contributed by atoms with E-state index in [4.69, 9.17) is 0 Å². The van der Waals surface area contributed by atoms with Gasteiger partial charge in [0.1, 0.15) is 0 Å². The summed E-state index contributed by atoms with van der Waals surface area (Å²) in [4.78, 5) is 12.1. The lowest BCUT2D eigenvalue weighted by Gasteiger charge is -2.15. The van der Waals surface area contributed by atoms with Gasteiger partial charge in [0.15, 0.2) is 0 Å². The van der Waals surface area contributed by atoms with Gasteiger partial charge in [-0.25, -0.2) is 4.79 Å². The molecule has 2 aromatic rings. The van der Waals surface area contributed by atoms with Gasteiger partial charge in [0.25, 0.3) is 0 Å². The molecule has 1 unspecified atom stereocenters.